The van der Waals surface area contributed by atoms with Crippen LogP contribution in [0.5, 0.6) is 0 Å². The van der Waals surface area contributed by atoms with Gasteiger partial charge in [0.15, 0.2) is 0 Å². The monoisotopic (exact) mass is 267 g/mol. The summed E-state index contributed by atoms with van der Waals surface area (Å²) >= 11 is 0. The van der Waals surface area contributed by atoms with E-state index in [1.165, 1.54) is 4.90 Å². The predicted octanol–water partition coefficient (Wildman–Crippen LogP) is 1.68. The molecule has 1 saturated heterocycles. The summed E-state index contributed by atoms with van der Waals surface area (Å²) in [7, 11) is 3.83. The van der Waals surface area contributed by atoms with E-state index < -0.39 is 18.3 Å². The summed E-state index contributed by atoms with van der Waals surface area (Å²) in [5.41, 5.74) is 5.68. The first kappa shape index (κ1) is 15.7. The molecule has 0 saturated carbocycles. The molecule has 1 fully saturated rings. The van der Waals surface area contributed by atoms with Gasteiger partial charge in [-0.25, -0.2) is 0 Å². The smallest absolute Gasteiger partial charge is 0.326 e. The molecule has 108 valence electrons. The Kier molecular flexibility index (Phi) is 5.43. The van der Waals surface area contributed by atoms with Crippen molar-refractivity contribution in [3.63, 3.8) is 0 Å². The third kappa shape index (κ3) is 3.83. The molecule has 0 bridgehead atoms. The molecule has 1 heterocycles. The number of hydrogen-bond acceptors (Lipinski definition) is 3. The highest BCUT2D eigenvalue weighted by atomic mass is 19.4. The van der Waals surface area contributed by atoms with Crippen LogP contribution in [-0.4, -0.2) is 61.3 Å². The van der Waals surface area contributed by atoms with E-state index in [0.29, 0.717) is 19.5 Å². The van der Waals surface area contributed by atoms with Gasteiger partial charge in [0.1, 0.15) is 6.04 Å². The van der Waals surface area contributed by atoms with Crippen LogP contribution < -0.4 is 5.73 Å². The zero-order valence-electron chi connectivity index (χ0n) is 11.4. The third-order valence-corrected chi connectivity index (χ3v) is 3.76. The molecule has 2 N–H and O–H groups in total. The molecule has 0 aromatic carbocycles. The molecular weight excluding hydrogens is 243 g/mol. The minimum absolute atomic E-state index is 0.188. The van der Waals surface area contributed by atoms with Gasteiger partial charge >= 0.3 is 6.18 Å². The fraction of sp³-hybridized carbons (Fsp3) is 1.00. The van der Waals surface area contributed by atoms with Crippen LogP contribution in [0.15, 0.2) is 0 Å². The van der Waals surface area contributed by atoms with Gasteiger partial charge in [0.05, 0.1) is 0 Å². The van der Waals surface area contributed by atoms with Crippen LogP contribution in [0.25, 0.3) is 0 Å². The third-order valence-electron chi connectivity index (χ3n) is 3.76. The molecule has 0 aliphatic carbocycles. The minimum Gasteiger partial charge on any atom is -0.326 e. The van der Waals surface area contributed by atoms with Crippen molar-refractivity contribution >= 4 is 0 Å². The van der Waals surface area contributed by atoms with Crippen molar-refractivity contribution in [3.05, 3.63) is 0 Å². The fourth-order valence-electron chi connectivity index (χ4n) is 2.60. The molecule has 1 rings (SSSR count). The molecule has 3 atom stereocenters. The Morgan fingerprint density at radius 3 is 2.44 bits per heavy atom. The van der Waals surface area contributed by atoms with E-state index in [2.05, 4.69) is 0 Å². The zero-order chi connectivity index (χ0) is 13.9. The first-order valence-corrected chi connectivity index (χ1v) is 6.50. The van der Waals surface area contributed by atoms with Gasteiger partial charge in [-0.3, -0.25) is 4.90 Å². The molecule has 0 aromatic rings. The number of likely N-dealkylation sites (tertiary alicyclic amines) is 1. The molecular formula is C12H24F3N3. The number of likely N-dealkylation sites (N-methyl/N-ethyl adjacent to an activating group) is 1. The number of nitrogens with zero attached hydrogens (tertiary/aromatic N) is 2. The highest BCUT2D eigenvalue weighted by Crippen LogP contribution is 2.30. The predicted molar refractivity (Wildman–Crippen MR) is 66.4 cm³/mol. The van der Waals surface area contributed by atoms with Crippen molar-refractivity contribution in [3.8, 4) is 0 Å². The summed E-state index contributed by atoms with van der Waals surface area (Å²) in [4.78, 5) is 3.51. The van der Waals surface area contributed by atoms with Crippen LogP contribution >= 0.6 is 0 Å². The van der Waals surface area contributed by atoms with E-state index >= 15 is 0 Å². The van der Waals surface area contributed by atoms with Crippen molar-refractivity contribution in [1.82, 2.24) is 9.80 Å². The Hall–Kier alpha value is -0.330. The second kappa shape index (κ2) is 6.21. The molecule has 6 heteroatoms. The van der Waals surface area contributed by atoms with Gasteiger partial charge in [-0.1, -0.05) is 6.92 Å². The van der Waals surface area contributed by atoms with Gasteiger partial charge in [0, 0.05) is 18.6 Å². The van der Waals surface area contributed by atoms with Crippen LogP contribution in [0, 0.1) is 0 Å². The molecule has 3 unspecified atom stereocenters. The number of piperidine rings is 1. The number of hydrogen-bond donors (Lipinski definition) is 1. The maximum absolute atomic E-state index is 13.1. The average Bonchev–Trinajstić information content (AvgIpc) is 2.27. The lowest BCUT2D eigenvalue weighted by molar-refractivity contribution is -0.193. The number of alkyl halides is 3. The summed E-state index contributed by atoms with van der Waals surface area (Å²) in [6.07, 6.45) is -2.15. The summed E-state index contributed by atoms with van der Waals surface area (Å²) in [5.74, 6) is 0. The lowest BCUT2D eigenvalue weighted by Crippen LogP contribution is -2.60. The molecule has 0 aromatic heterocycles. The van der Waals surface area contributed by atoms with Crippen LogP contribution in [0.2, 0.25) is 0 Å². The fourth-order valence-corrected chi connectivity index (χ4v) is 2.60. The second-order valence-corrected chi connectivity index (χ2v) is 5.31. The SMILES string of the molecule is CCC(N)C(N1CCCC(N(C)C)C1)C(F)(F)F. The molecule has 18 heavy (non-hydrogen) atoms. The summed E-state index contributed by atoms with van der Waals surface area (Å²) < 4.78 is 39.4. The molecule has 3 nitrogen and oxygen atoms in total. The maximum Gasteiger partial charge on any atom is 0.405 e. The summed E-state index contributed by atoms with van der Waals surface area (Å²) in [6.45, 7) is 2.64. The quantitative estimate of drug-likeness (QED) is 0.841. The van der Waals surface area contributed by atoms with Crippen LogP contribution in [0.3, 0.4) is 0 Å². The van der Waals surface area contributed by atoms with E-state index in [-0.39, 0.29) is 6.04 Å². The normalized spacial score (nSPS) is 26.3. The standard InChI is InChI=1S/C12H24F3N3/c1-4-10(16)11(12(13,14)15)18-7-5-6-9(8-18)17(2)3/h9-11H,4-8,16H2,1-3H3. The van der Waals surface area contributed by atoms with E-state index in [0.717, 1.165) is 12.8 Å². The van der Waals surface area contributed by atoms with Crippen LogP contribution in [-0.2, 0) is 0 Å². The Labute approximate surface area is 107 Å². The van der Waals surface area contributed by atoms with Crippen molar-refractivity contribution in [1.29, 1.82) is 0 Å². The van der Waals surface area contributed by atoms with E-state index in [1.807, 2.05) is 19.0 Å². The lowest BCUT2D eigenvalue weighted by atomic mass is 9.98. The first-order valence-electron chi connectivity index (χ1n) is 6.50. The Balaban J connectivity index is 2.79. The molecule has 1 aliphatic heterocycles. The van der Waals surface area contributed by atoms with Gasteiger partial charge in [-0.15, -0.1) is 0 Å². The number of rotatable bonds is 4. The second-order valence-electron chi connectivity index (χ2n) is 5.31. The average molecular weight is 267 g/mol. The first-order chi connectivity index (χ1) is 8.27. The van der Waals surface area contributed by atoms with Crippen LogP contribution in [0.4, 0.5) is 13.2 Å². The number of nitrogens with two attached hydrogens (primary N) is 1. The molecule has 0 radical (unpaired) electrons. The minimum atomic E-state index is -4.25. The summed E-state index contributed by atoms with van der Waals surface area (Å²) in [5, 5.41) is 0. The highest BCUT2D eigenvalue weighted by molar-refractivity contribution is 4.91. The topological polar surface area (TPSA) is 32.5 Å². The van der Waals surface area contributed by atoms with Crippen molar-refractivity contribution in [2.75, 3.05) is 27.2 Å². The lowest BCUT2D eigenvalue weighted by Gasteiger charge is -2.42. The van der Waals surface area contributed by atoms with Gasteiger partial charge in [0.2, 0.25) is 0 Å². The van der Waals surface area contributed by atoms with Gasteiger partial charge in [0.25, 0.3) is 0 Å². The molecule has 0 spiro atoms. The summed E-state index contributed by atoms with van der Waals surface area (Å²) in [6, 6.07) is -2.16. The van der Waals surface area contributed by atoms with Gasteiger partial charge in [-0.2, -0.15) is 13.2 Å². The van der Waals surface area contributed by atoms with E-state index in [9.17, 15) is 13.2 Å². The largest absolute Gasteiger partial charge is 0.405 e. The zero-order valence-corrected chi connectivity index (χ0v) is 11.4. The van der Waals surface area contributed by atoms with E-state index in [4.69, 9.17) is 5.73 Å². The van der Waals surface area contributed by atoms with Gasteiger partial charge < -0.3 is 10.6 Å². The highest BCUT2D eigenvalue weighted by Gasteiger charge is 2.47. The number of halogens is 3. The Bertz CT molecular complexity index is 255. The van der Waals surface area contributed by atoms with E-state index in [1.54, 1.807) is 6.92 Å². The van der Waals surface area contributed by atoms with Crippen molar-refractivity contribution < 1.29 is 13.2 Å². The van der Waals surface area contributed by atoms with Crippen molar-refractivity contribution in [2.24, 2.45) is 5.73 Å². The Morgan fingerprint density at radius 1 is 1.39 bits per heavy atom. The molecule has 1 aliphatic rings. The van der Waals surface area contributed by atoms with Crippen LogP contribution in [0.1, 0.15) is 26.2 Å². The Morgan fingerprint density at radius 2 is 2.00 bits per heavy atom. The van der Waals surface area contributed by atoms with Gasteiger partial charge in [-0.05, 0) is 39.9 Å². The van der Waals surface area contributed by atoms with Crippen molar-refractivity contribution in [2.45, 2.75) is 50.5 Å². The maximum atomic E-state index is 13.1. The molecule has 0 amide bonds.